The number of nitriles is 1. The predicted octanol–water partition coefficient (Wildman–Crippen LogP) is 4.51. The molecule has 0 radical (unpaired) electrons. The monoisotopic (exact) mass is 382 g/mol. The van der Waals surface area contributed by atoms with Crippen LogP contribution in [0, 0.1) is 11.3 Å². The fourth-order valence-corrected chi connectivity index (χ4v) is 3.01. The molecule has 4 rings (SSSR count). The number of amides is 1. The maximum Gasteiger partial charge on any atom is 0.265 e. The number of fused-ring (bicyclic) bond motifs is 1. The van der Waals surface area contributed by atoms with E-state index >= 15 is 0 Å². The molecule has 1 atom stereocenters. The number of ether oxygens (including phenoxy) is 1. The number of carbonyl (C=O) groups excluding carboxylic acids is 1. The summed E-state index contributed by atoms with van der Waals surface area (Å²) in [6.07, 6.45) is -0.743. The zero-order valence-electron chi connectivity index (χ0n) is 15.7. The highest BCUT2D eigenvalue weighted by atomic mass is 16.5. The van der Waals surface area contributed by atoms with Crippen LogP contribution in [0.5, 0.6) is 5.75 Å². The third kappa shape index (κ3) is 3.94. The average molecular weight is 382 g/mol. The van der Waals surface area contributed by atoms with E-state index in [1.165, 1.54) is 0 Å². The molecule has 1 unspecified atom stereocenters. The lowest BCUT2D eigenvalue weighted by molar-refractivity contribution is -0.122. The lowest BCUT2D eigenvalue weighted by Gasteiger charge is -2.16. The van der Waals surface area contributed by atoms with E-state index in [2.05, 4.69) is 21.4 Å². The third-order valence-electron chi connectivity index (χ3n) is 4.47. The Kier molecular flexibility index (Phi) is 4.95. The second-order valence-electron chi connectivity index (χ2n) is 6.54. The van der Waals surface area contributed by atoms with Crippen LogP contribution in [0.3, 0.4) is 0 Å². The summed E-state index contributed by atoms with van der Waals surface area (Å²) in [6.45, 7) is 1.66. The summed E-state index contributed by atoms with van der Waals surface area (Å²) >= 11 is 0. The molecule has 3 aromatic carbocycles. The van der Waals surface area contributed by atoms with Crippen LogP contribution in [0.4, 0.5) is 5.69 Å². The summed E-state index contributed by atoms with van der Waals surface area (Å²) in [7, 11) is 0. The average Bonchev–Trinajstić information content (AvgIpc) is 3.18. The van der Waals surface area contributed by atoms with Crippen molar-refractivity contribution < 1.29 is 9.53 Å². The van der Waals surface area contributed by atoms with Gasteiger partial charge in [-0.3, -0.25) is 4.79 Å². The summed E-state index contributed by atoms with van der Waals surface area (Å²) in [5, 5.41) is 11.9. The number of H-pyrrole nitrogens is 1. The number of nitrogens with one attached hydrogen (secondary N) is 2. The first kappa shape index (κ1) is 18.3. The first-order valence-electron chi connectivity index (χ1n) is 9.16. The van der Waals surface area contributed by atoms with Crippen molar-refractivity contribution in [1.29, 1.82) is 5.26 Å². The first-order valence-corrected chi connectivity index (χ1v) is 9.16. The highest BCUT2D eigenvalue weighted by molar-refractivity contribution is 5.98. The normalized spacial score (nSPS) is 11.6. The molecule has 1 amide bonds. The van der Waals surface area contributed by atoms with E-state index in [1.807, 2.05) is 48.5 Å². The Hall–Kier alpha value is -4.11. The van der Waals surface area contributed by atoms with E-state index < -0.39 is 6.10 Å². The minimum Gasteiger partial charge on any atom is -0.481 e. The van der Waals surface area contributed by atoms with E-state index in [0.29, 0.717) is 22.8 Å². The van der Waals surface area contributed by atoms with Crippen molar-refractivity contribution in [3.8, 4) is 23.2 Å². The van der Waals surface area contributed by atoms with E-state index in [1.54, 1.807) is 31.2 Å². The van der Waals surface area contributed by atoms with Gasteiger partial charge in [0.2, 0.25) is 0 Å². The van der Waals surface area contributed by atoms with E-state index in [9.17, 15) is 4.79 Å². The SMILES string of the molecule is CC(Oc1cccc(C#N)c1)C(=O)Nc1ccccc1-c1nc2ccccc2[nH]1. The van der Waals surface area contributed by atoms with Gasteiger partial charge in [-0.25, -0.2) is 4.98 Å². The number of aromatic amines is 1. The Morgan fingerprint density at radius 3 is 2.72 bits per heavy atom. The third-order valence-corrected chi connectivity index (χ3v) is 4.47. The highest BCUT2D eigenvalue weighted by Gasteiger charge is 2.18. The van der Waals surface area contributed by atoms with Crippen molar-refractivity contribution in [3.63, 3.8) is 0 Å². The fourth-order valence-electron chi connectivity index (χ4n) is 3.01. The summed E-state index contributed by atoms with van der Waals surface area (Å²) < 4.78 is 5.70. The minimum absolute atomic E-state index is 0.295. The maximum absolute atomic E-state index is 12.7. The van der Waals surface area contributed by atoms with Gasteiger partial charge in [-0.1, -0.05) is 30.3 Å². The molecule has 0 aliphatic rings. The first-order chi connectivity index (χ1) is 14.1. The zero-order chi connectivity index (χ0) is 20.2. The Labute approximate surface area is 167 Å². The molecule has 1 heterocycles. The Bertz CT molecular complexity index is 1190. The van der Waals surface area contributed by atoms with Crippen molar-refractivity contribution in [3.05, 3.63) is 78.4 Å². The van der Waals surface area contributed by atoms with Crippen molar-refractivity contribution in [2.45, 2.75) is 13.0 Å². The van der Waals surface area contributed by atoms with E-state index in [4.69, 9.17) is 10.00 Å². The lowest BCUT2D eigenvalue weighted by atomic mass is 10.1. The molecular weight excluding hydrogens is 364 g/mol. The molecule has 0 fully saturated rings. The predicted molar refractivity (Wildman–Crippen MR) is 111 cm³/mol. The van der Waals surface area contributed by atoms with E-state index in [-0.39, 0.29) is 5.91 Å². The van der Waals surface area contributed by atoms with Gasteiger partial charge in [-0.05, 0) is 49.4 Å². The number of imidazole rings is 1. The number of nitrogens with zero attached hydrogens (tertiary/aromatic N) is 2. The number of anilines is 1. The van der Waals surface area contributed by atoms with Crippen molar-refractivity contribution in [2.24, 2.45) is 0 Å². The molecule has 29 heavy (non-hydrogen) atoms. The van der Waals surface area contributed by atoms with E-state index in [0.717, 1.165) is 16.6 Å². The summed E-state index contributed by atoms with van der Waals surface area (Å²) in [5.74, 6) is 0.852. The van der Waals surface area contributed by atoms with Crippen molar-refractivity contribution in [2.75, 3.05) is 5.32 Å². The number of hydrogen-bond acceptors (Lipinski definition) is 4. The minimum atomic E-state index is -0.743. The van der Waals surface area contributed by atoms with Gasteiger partial charge in [-0.15, -0.1) is 0 Å². The molecule has 0 spiro atoms. The van der Waals surface area contributed by atoms with Crippen LogP contribution in [0.1, 0.15) is 12.5 Å². The van der Waals surface area contributed by atoms with Crippen LogP contribution < -0.4 is 10.1 Å². The smallest absolute Gasteiger partial charge is 0.265 e. The summed E-state index contributed by atoms with van der Waals surface area (Å²) in [6, 6.07) is 24.0. The van der Waals surface area contributed by atoms with Gasteiger partial charge in [0.05, 0.1) is 28.4 Å². The molecule has 6 heteroatoms. The van der Waals surface area contributed by atoms with Crippen LogP contribution in [0.2, 0.25) is 0 Å². The number of aromatic nitrogens is 2. The topological polar surface area (TPSA) is 90.8 Å². The number of carbonyl (C=O) groups is 1. The zero-order valence-corrected chi connectivity index (χ0v) is 15.7. The number of rotatable bonds is 5. The molecule has 4 aromatic rings. The Morgan fingerprint density at radius 1 is 1.10 bits per heavy atom. The Balaban J connectivity index is 1.55. The van der Waals surface area contributed by atoms with Crippen LogP contribution in [-0.4, -0.2) is 22.0 Å². The molecule has 2 N–H and O–H groups in total. The van der Waals surface area contributed by atoms with Crippen LogP contribution in [-0.2, 0) is 4.79 Å². The maximum atomic E-state index is 12.7. The van der Waals surface area contributed by atoms with Crippen molar-refractivity contribution >= 4 is 22.6 Å². The highest BCUT2D eigenvalue weighted by Crippen LogP contribution is 2.27. The fraction of sp³-hybridized carbons (Fsp3) is 0.0870. The molecule has 0 saturated heterocycles. The second kappa shape index (κ2) is 7.87. The molecule has 142 valence electrons. The largest absolute Gasteiger partial charge is 0.481 e. The van der Waals surface area contributed by atoms with Gasteiger partial charge in [0.1, 0.15) is 11.6 Å². The molecule has 0 saturated carbocycles. The standard InChI is InChI=1S/C23H18N4O2/c1-15(29-17-8-6-7-16(13-17)14-24)23(28)27-19-10-3-2-9-18(19)22-25-20-11-4-5-12-21(20)26-22/h2-13,15H,1H3,(H,25,26)(H,27,28). The van der Waals surface area contributed by atoms with Gasteiger partial charge in [0, 0.05) is 5.56 Å². The number of benzene rings is 3. The number of para-hydroxylation sites is 3. The lowest BCUT2D eigenvalue weighted by Crippen LogP contribution is -2.30. The van der Waals surface area contributed by atoms with Crippen molar-refractivity contribution in [1.82, 2.24) is 9.97 Å². The van der Waals surface area contributed by atoms with Gasteiger partial charge >= 0.3 is 0 Å². The molecule has 0 aliphatic carbocycles. The molecule has 0 bridgehead atoms. The van der Waals surface area contributed by atoms with Gasteiger partial charge in [-0.2, -0.15) is 5.26 Å². The van der Waals surface area contributed by atoms with Gasteiger partial charge in [0.15, 0.2) is 6.10 Å². The second-order valence-corrected chi connectivity index (χ2v) is 6.54. The quantitative estimate of drug-likeness (QED) is 0.531. The van der Waals surface area contributed by atoms with Crippen LogP contribution in [0.15, 0.2) is 72.8 Å². The Morgan fingerprint density at radius 2 is 1.90 bits per heavy atom. The van der Waals surface area contributed by atoms with Gasteiger partial charge in [0.25, 0.3) is 5.91 Å². The number of hydrogen-bond donors (Lipinski definition) is 2. The summed E-state index contributed by atoms with van der Waals surface area (Å²) in [4.78, 5) is 20.6. The molecule has 6 nitrogen and oxygen atoms in total. The van der Waals surface area contributed by atoms with Crippen LogP contribution >= 0.6 is 0 Å². The molecule has 1 aromatic heterocycles. The van der Waals surface area contributed by atoms with Gasteiger partial charge < -0.3 is 15.0 Å². The van der Waals surface area contributed by atoms with Crippen LogP contribution in [0.25, 0.3) is 22.4 Å². The molecular formula is C23H18N4O2. The molecule has 0 aliphatic heterocycles. The summed E-state index contributed by atoms with van der Waals surface area (Å²) in [5.41, 5.74) is 3.69.